The predicted octanol–water partition coefficient (Wildman–Crippen LogP) is 5.13. The molecule has 100 valence electrons. The third-order valence-electron chi connectivity index (χ3n) is 4.41. The van der Waals surface area contributed by atoms with E-state index < -0.39 is 0 Å². The van der Waals surface area contributed by atoms with E-state index in [0.29, 0.717) is 11.7 Å². The second-order valence-electron chi connectivity index (χ2n) is 5.76. The fraction of sp³-hybridized carbons (Fsp3) is 0.938. The van der Waals surface area contributed by atoms with Gasteiger partial charge in [-0.3, -0.25) is 4.79 Å². The lowest BCUT2D eigenvalue weighted by molar-refractivity contribution is -0.124. The Labute approximate surface area is 107 Å². The second-order valence-corrected chi connectivity index (χ2v) is 5.76. The summed E-state index contributed by atoms with van der Waals surface area (Å²) in [6.07, 6.45) is 13.4. The van der Waals surface area contributed by atoms with E-state index in [4.69, 9.17) is 0 Å². The highest BCUT2D eigenvalue weighted by Gasteiger charge is 2.24. The van der Waals surface area contributed by atoms with Gasteiger partial charge in [0.05, 0.1) is 0 Å². The maximum Gasteiger partial charge on any atom is 0.135 e. The summed E-state index contributed by atoms with van der Waals surface area (Å²) in [5.74, 6) is 1.89. The Morgan fingerprint density at radius 2 is 1.59 bits per heavy atom. The van der Waals surface area contributed by atoms with Gasteiger partial charge >= 0.3 is 0 Å². The van der Waals surface area contributed by atoms with E-state index in [9.17, 15) is 4.79 Å². The molecule has 1 aliphatic rings. The Hall–Kier alpha value is -0.330. The Morgan fingerprint density at radius 1 is 0.941 bits per heavy atom. The lowest BCUT2D eigenvalue weighted by atomic mass is 9.78. The molecular weight excluding hydrogens is 208 g/mol. The summed E-state index contributed by atoms with van der Waals surface area (Å²) < 4.78 is 0. The lowest BCUT2D eigenvalue weighted by Gasteiger charge is -2.26. The molecule has 0 atom stereocenters. The van der Waals surface area contributed by atoms with Crippen LogP contribution in [0.3, 0.4) is 0 Å². The summed E-state index contributed by atoms with van der Waals surface area (Å²) in [5.41, 5.74) is 0. The second kappa shape index (κ2) is 8.72. The number of carbonyl (C=O) groups excluding carboxylic acids is 1. The van der Waals surface area contributed by atoms with E-state index in [0.717, 1.165) is 18.8 Å². The number of unbranched alkanes of at least 4 members (excludes halogenated alkanes) is 4. The van der Waals surface area contributed by atoms with Gasteiger partial charge in [-0.2, -0.15) is 0 Å². The maximum absolute atomic E-state index is 12.0. The van der Waals surface area contributed by atoms with Crippen LogP contribution < -0.4 is 0 Å². The van der Waals surface area contributed by atoms with Crippen molar-refractivity contribution in [3.63, 3.8) is 0 Å². The molecule has 0 unspecified atom stereocenters. The fourth-order valence-corrected chi connectivity index (χ4v) is 3.00. The van der Waals surface area contributed by atoms with Crippen LogP contribution in [0.2, 0.25) is 0 Å². The number of hydrogen-bond donors (Lipinski definition) is 0. The molecule has 1 rings (SSSR count). The molecular formula is C16H30O. The molecule has 0 aromatic rings. The van der Waals surface area contributed by atoms with Gasteiger partial charge in [-0.15, -0.1) is 0 Å². The van der Waals surface area contributed by atoms with Gasteiger partial charge in [0, 0.05) is 12.3 Å². The van der Waals surface area contributed by atoms with Crippen molar-refractivity contribution in [3.05, 3.63) is 0 Å². The first kappa shape index (κ1) is 14.7. The summed E-state index contributed by atoms with van der Waals surface area (Å²) in [4.78, 5) is 12.0. The summed E-state index contributed by atoms with van der Waals surface area (Å²) in [7, 11) is 0. The minimum absolute atomic E-state index is 0.420. The average Bonchev–Trinajstić information content (AvgIpc) is 2.38. The Kier molecular flexibility index (Phi) is 7.55. The van der Waals surface area contributed by atoms with Crippen LogP contribution in [-0.2, 0) is 4.79 Å². The molecule has 0 N–H and O–H groups in total. The highest BCUT2D eigenvalue weighted by molar-refractivity contribution is 5.80. The zero-order valence-corrected chi connectivity index (χ0v) is 11.8. The molecule has 0 spiro atoms. The SMILES string of the molecule is CCCCCCCC(=O)C1CCC(CC)CC1. The molecule has 1 saturated carbocycles. The van der Waals surface area contributed by atoms with E-state index in [-0.39, 0.29) is 0 Å². The van der Waals surface area contributed by atoms with Gasteiger partial charge in [0.1, 0.15) is 5.78 Å². The van der Waals surface area contributed by atoms with Crippen molar-refractivity contribution < 1.29 is 4.79 Å². The van der Waals surface area contributed by atoms with Crippen LogP contribution in [0.15, 0.2) is 0 Å². The van der Waals surface area contributed by atoms with E-state index in [1.54, 1.807) is 0 Å². The van der Waals surface area contributed by atoms with Crippen LogP contribution in [0.5, 0.6) is 0 Å². The Balaban J connectivity index is 2.08. The van der Waals surface area contributed by atoms with Crippen molar-refractivity contribution in [1.82, 2.24) is 0 Å². The summed E-state index contributed by atoms with van der Waals surface area (Å²) in [6, 6.07) is 0. The van der Waals surface area contributed by atoms with E-state index in [1.165, 1.54) is 57.8 Å². The molecule has 0 bridgehead atoms. The van der Waals surface area contributed by atoms with Crippen molar-refractivity contribution in [2.24, 2.45) is 11.8 Å². The zero-order chi connectivity index (χ0) is 12.5. The first-order valence-electron chi connectivity index (χ1n) is 7.80. The van der Waals surface area contributed by atoms with Gasteiger partial charge in [-0.05, 0) is 38.0 Å². The van der Waals surface area contributed by atoms with Gasteiger partial charge in [-0.25, -0.2) is 0 Å². The van der Waals surface area contributed by atoms with E-state index >= 15 is 0 Å². The molecule has 0 aromatic heterocycles. The predicted molar refractivity (Wildman–Crippen MR) is 74.1 cm³/mol. The van der Waals surface area contributed by atoms with Crippen LogP contribution in [0, 0.1) is 11.8 Å². The highest BCUT2D eigenvalue weighted by atomic mass is 16.1. The van der Waals surface area contributed by atoms with E-state index in [1.807, 2.05) is 0 Å². The number of carbonyl (C=O) groups is 1. The number of ketones is 1. The quantitative estimate of drug-likeness (QED) is 0.536. The minimum Gasteiger partial charge on any atom is -0.299 e. The van der Waals surface area contributed by atoms with Gasteiger partial charge < -0.3 is 0 Å². The van der Waals surface area contributed by atoms with Crippen LogP contribution in [0.1, 0.15) is 84.5 Å². The average molecular weight is 238 g/mol. The summed E-state index contributed by atoms with van der Waals surface area (Å²) in [5, 5.41) is 0. The molecule has 1 heteroatoms. The lowest BCUT2D eigenvalue weighted by Crippen LogP contribution is -2.21. The normalized spacial score (nSPS) is 24.8. The van der Waals surface area contributed by atoms with Crippen LogP contribution in [-0.4, -0.2) is 5.78 Å². The Bertz CT molecular complexity index is 202. The van der Waals surface area contributed by atoms with Gasteiger partial charge in [0.25, 0.3) is 0 Å². The third-order valence-corrected chi connectivity index (χ3v) is 4.41. The summed E-state index contributed by atoms with van der Waals surface area (Å²) in [6.45, 7) is 4.51. The maximum atomic E-state index is 12.0. The first-order valence-corrected chi connectivity index (χ1v) is 7.80. The van der Waals surface area contributed by atoms with Crippen molar-refractivity contribution >= 4 is 5.78 Å². The summed E-state index contributed by atoms with van der Waals surface area (Å²) >= 11 is 0. The van der Waals surface area contributed by atoms with Crippen molar-refractivity contribution in [2.75, 3.05) is 0 Å². The van der Waals surface area contributed by atoms with E-state index in [2.05, 4.69) is 13.8 Å². The molecule has 0 aromatic carbocycles. The van der Waals surface area contributed by atoms with Crippen LogP contribution in [0.25, 0.3) is 0 Å². The standard InChI is InChI=1S/C16H30O/c1-3-5-6-7-8-9-16(17)15-12-10-14(4-2)11-13-15/h14-15H,3-13H2,1-2H3. The van der Waals surface area contributed by atoms with Gasteiger partial charge in [0.2, 0.25) is 0 Å². The fourth-order valence-electron chi connectivity index (χ4n) is 3.00. The van der Waals surface area contributed by atoms with Crippen molar-refractivity contribution in [2.45, 2.75) is 84.5 Å². The highest BCUT2D eigenvalue weighted by Crippen LogP contribution is 2.31. The molecule has 0 heterocycles. The smallest absolute Gasteiger partial charge is 0.135 e. The number of Topliss-reactive ketones (excluding diaryl/α,β-unsaturated/α-hetero) is 1. The largest absolute Gasteiger partial charge is 0.299 e. The monoisotopic (exact) mass is 238 g/mol. The topological polar surface area (TPSA) is 17.1 Å². The van der Waals surface area contributed by atoms with Crippen molar-refractivity contribution in [1.29, 1.82) is 0 Å². The molecule has 1 nitrogen and oxygen atoms in total. The van der Waals surface area contributed by atoms with Gasteiger partial charge in [0.15, 0.2) is 0 Å². The van der Waals surface area contributed by atoms with Gasteiger partial charge in [-0.1, -0.05) is 46.0 Å². The third kappa shape index (κ3) is 5.70. The van der Waals surface area contributed by atoms with Crippen LogP contribution >= 0.6 is 0 Å². The zero-order valence-electron chi connectivity index (χ0n) is 11.8. The molecule has 0 radical (unpaired) electrons. The number of hydrogen-bond acceptors (Lipinski definition) is 1. The van der Waals surface area contributed by atoms with Crippen LogP contribution in [0.4, 0.5) is 0 Å². The first-order chi connectivity index (χ1) is 8.27. The Morgan fingerprint density at radius 3 is 2.18 bits per heavy atom. The minimum atomic E-state index is 0.420. The molecule has 0 aliphatic heterocycles. The molecule has 1 aliphatic carbocycles. The molecule has 0 amide bonds. The number of rotatable bonds is 8. The molecule has 17 heavy (non-hydrogen) atoms. The van der Waals surface area contributed by atoms with Crippen molar-refractivity contribution in [3.8, 4) is 0 Å². The molecule has 1 fully saturated rings. The molecule has 0 saturated heterocycles.